The van der Waals surface area contributed by atoms with Crippen molar-refractivity contribution >= 4 is 39.1 Å². The minimum absolute atomic E-state index is 0.108. The molecule has 1 aliphatic rings. The summed E-state index contributed by atoms with van der Waals surface area (Å²) in [5.41, 5.74) is 1.39. The highest BCUT2D eigenvalue weighted by atomic mass is 35.5. The normalized spacial score (nSPS) is 15.0. The molecule has 3 rings (SSSR count). The summed E-state index contributed by atoms with van der Waals surface area (Å²) in [7, 11) is -3.96. The van der Waals surface area contributed by atoms with Gasteiger partial charge >= 0.3 is 0 Å². The molecule has 1 fully saturated rings. The molecule has 180 valence electrons. The number of nitrogens with zero attached hydrogens (tertiary/aromatic N) is 2. The maximum absolute atomic E-state index is 13.4. The van der Waals surface area contributed by atoms with E-state index in [9.17, 15) is 13.2 Å². The number of nitrogens with one attached hydrogen (secondary N) is 1. The minimum atomic E-state index is -3.96. The van der Waals surface area contributed by atoms with Crippen molar-refractivity contribution < 1.29 is 17.9 Å². The van der Waals surface area contributed by atoms with Crippen molar-refractivity contribution in [2.45, 2.75) is 24.8 Å². The van der Waals surface area contributed by atoms with E-state index in [0.29, 0.717) is 22.2 Å². The number of carbonyl (C=O) groups excluding carboxylic acids is 1. The largest absolute Gasteiger partial charge is 0.379 e. The number of benzene rings is 2. The number of amides is 1. The molecule has 2 aromatic rings. The number of hydrogen-bond donors (Lipinski definition) is 1. The SMILES string of the molecule is Cc1ccc(S(=O)(=O)N(CC(=O)NCCCN2CCOCC2)Cc2c(Cl)cccc2Cl)cc1. The number of morpholine rings is 1. The second-order valence-corrected chi connectivity index (χ2v) is 10.7. The third kappa shape index (κ3) is 7.40. The van der Waals surface area contributed by atoms with Crippen LogP contribution in [-0.4, -0.2) is 69.5 Å². The van der Waals surface area contributed by atoms with Crippen LogP contribution in [0.4, 0.5) is 0 Å². The van der Waals surface area contributed by atoms with Crippen molar-refractivity contribution in [2.75, 3.05) is 45.9 Å². The van der Waals surface area contributed by atoms with Crippen molar-refractivity contribution in [3.63, 3.8) is 0 Å². The summed E-state index contributed by atoms with van der Waals surface area (Å²) >= 11 is 12.6. The number of rotatable bonds is 10. The van der Waals surface area contributed by atoms with Crippen LogP contribution in [0, 0.1) is 6.92 Å². The predicted molar refractivity (Wildman–Crippen MR) is 130 cm³/mol. The lowest BCUT2D eigenvalue weighted by molar-refractivity contribution is -0.121. The molecule has 1 saturated heterocycles. The summed E-state index contributed by atoms with van der Waals surface area (Å²) in [5, 5.41) is 3.52. The van der Waals surface area contributed by atoms with Crippen LogP contribution in [0.15, 0.2) is 47.4 Å². The molecule has 33 heavy (non-hydrogen) atoms. The number of ether oxygens (including phenoxy) is 1. The van der Waals surface area contributed by atoms with Crippen LogP contribution in [0.5, 0.6) is 0 Å². The van der Waals surface area contributed by atoms with E-state index >= 15 is 0 Å². The van der Waals surface area contributed by atoms with E-state index < -0.39 is 10.0 Å². The van der Waals surface area contributed by atoms with E-state index in [2.05, 4.69) is 10.2 Å². The van der Waals surface area contributed by atoms with E-state index in [1.54, 1.807) is 30.3 Å². The number of sulfonamides is 1. The van der Waals surface area contributed by atoms with Crippen LogP contribution in [0.2, 0.25) is 10.0 Å². The molecule has 0 radical (unpaired) electrons. The maximum atomic E-state index is 13.4. The zero-order valence-corrected chi connectivity index (χ0v) is 20.9. The van der Waals surface area contributed by atoms with Gasteiger partial charge in [0.25, 0.3) is 0 Å². The minimum Gasteiger partial charge on any atom is -0.379 e. The first-order valence-corrected chi connectivity index (χ1v) is 13.0. The van der Waals surface area contributed by atoms with Gasteiger partial charge in [-0.2, -0.15) is 4.31 Å². The van der Waals surface area contributed by atoms with Crippen LogP contribution in [-0.2, 0) is 26.1 Å². The molecule has 1 heterocycles. The van der Waals surface area contributed by atoms with Gasteiger partial charge in [-0.05, 0) is 44.2 Å². The number of halogens is 2. The Morgan fingerprint density at radius 3 is 2.36 bits per heavy atom. The highest BCUT2D eigenvalue weighted by Gasteiger charge is 2.28. The Bertz CT molecular complexity index is 1020. The summed E-state index contributed by atoms with van der Waals surface area (Å²) in [6, 6.07) is 11.5. The summed E-state index contributed by atoms with van der Waals surface area (Å²) in [6.07, 6.45) is 0.771. The lowest BCUT2D eigenvalue weighted by atomic mass is 10.2. The van der Waals surface area contributed by atoms with Gasteiger partial charge in [0.15, 0.2) is 0 Å². The van der Waals surface area contributed by atoms with Gasteiger partial charge in [-0.1, -0.05) is 47.0 Å². The Hall–Kier alpha value is -1.68. The summed E-state index contributed by atoms with van der Waals surface area (Å²) in [6.45, 7) is 5.95. The Labute approximate surface area is 205 Å². The van der Waals surface area contributed by atoms with Gasteiger partial charge in [-0.25, -0.2) is 8.42 Å². The van der Waals surface area contributed by atoms with Gasteiger partial charge < -0.3 is 10.1 Å². The fraction of sp³-hybridized carbons (Fsp3) is 0.435. The van der Waals surface area contributed by atoms with Crippen LogP contribution < -0.4 is 5.32 Å². The molecule has 0 bridgehead atoms. The van der Waals surface area contributed by atoms with Crippen LogP contribution in [0.3, 0.4) is 0 Å². The fourth-order valence-corrected chi connectivity index (χ4v) is 5.40. The summed E-state index contributed by atoms with van der Waals surface area (Å²) < 4.78 is 33.2. The number of hydrogen-bond acceptors (Lipinski definition) is 5. The molecule has 0 atom stereocenters. The number of carbonyl (C=O) groups is 1. The van der Waals surface area contributed by atoms with Crippen LogP contribution >= 0.6 is 23.2 Å². The fourth-order valence-electron chi connectivity index (χ4n) is 3.52. The maximum Gasteiger partial charge on any atom is 0.243 e. The molecule has 1 aliphatic heterocycles. The highest BCUT2D eigenvalue weighted by Crippen LogP contribution is 2.28. The molecule has 1 amide bonds. The average Bonchev–Trinajstić information content (AvgIpc) is 2.79. The van der Waals surface area contributed by atoms with Crippen molar-refractivity contribution in [1.29, 1.82) is 0 Å². The molecule has 2 aromatic carbocycles. The van der Waals surface area contributed by atoms with E-state index in [0.717, 1.165) is 49.1 Å². The van der Waals surface area contributed by atoms with Crippen molar-refractivity contribution in [3.05, 3.63) is 63.6 Å². The Morgan fingerprint density at radius 2 is 1.73 bits per heavy atom. The molecular weight excluding hydrogens is 485 g/mol. The van der Waals surface area contributed by atoms with Crippen molar-refractivity contribution in [2.24, 2.45) is 0 Å². The lowest BCUT2D eigenvalue weighted by Gasteiger charge is -2.26. The Kier molecular flexibility index (Phi) is 9.55. The number of aryl methyl sites for hydroxylation is 1. The third-order valence-electron chi connectivity index (χ3n) is 5.45. The molecule has 0 spiro atoms. The van der Waals surface area contributed by atoms with Gasteiger partial charge in [0.2, 0.25) is 15.9 Å². The molecular formula is C23H29Cl2N3O4S. The van der Waals surface area contributed by atoms with E-state index in [-0.39, 0.29) is 23.9 Å². The molecule has 7 nitrogen and oxygen atoms in total. The second kappa shape index (κ2) is 12.1. The monoisotopic (exact) mass is 513 g/mol. The van der Waals surface area contributed by atoms with E-state index in [4.69, 9.17) is 27.9 Å². The summed E-state index contributed by atoms with van der Waals surface area (Å²) in [5.74, 6) is -0.379. The van der Waals surface area contributed by atoms with Crippen molar-refractivity contribution in [3.8, 4) is 0 Å². The topological polar surface area (TPSA) is 79.0 Å². The predicted octanol–water partition coefficient (Wildman–Crippen LogP) is 3.33. The van der Waals surface area contributed by atoms with Gasteiger partial charge in [0, 0.05) is 41.8 Å². The van der Waals surface area contributed by atoms with E-state index in [1.807, 2.05) is 6.92 Å². The molecule has 0 unspecified atom stereocenters. The van der Waals surface area contributed by atoms with Crippen LogP contribution in [0.25, 0.3) is 0 Å². The first kappa shape index (κ1) is 25.9. The molecule has 10 heteroatoms. The Morgan fingerprint density at radius 1 is 1.09 bits per heavy atom. The quantitative estimate of drug-likeness (QED) is 0.493. The van der Waals surface area contributed by atoms with Gasteiger partial charge in [-0.15, -0.1) is 0 Å². The second-order valence-electron chi connectivity index (χ2n) is 7.94. The molecule has 0 saturated carbocycles. The first-order chi connectivity index (χ1) is 15.8. The standard InChI is InChI=1S/C23H29Cl2N3O4S/c1-18-6-8-19(9-7-18)33(30,31)28(16-20-21(24)4-2-5-22(20)25)17-23(29)26-10-3-11-27-12-14-32-15-13-27/h2,4-9H,3,10-17H2,1H3,(H,26,29). The first-order valence-electron chi connectivity index (χ1n) is 10.8. The molecule has 1 N–H and O–H groups in total. The van der Waals surface area contributed by atoms with Gasteiger partial charge in [0.1, 0.15) is 0 Å². The smallest absolute Gasteiger partial charge is 0.243 e. The Balaban J connectivity index is 1.69. The zero-order valence-electron chi connectivity index (χ0n) is 18.6. The average molecular weight is 514 g/mol. The lowest BCUT2D eigenvalue weighted by Crippen LogP contribution is -2.42. The zero-order chi connectivity index (χ0) is 23.8. The molecule has 0 aliphatic carbocycles. The van der Waals surface area contributed by atoms with Gasteiger partial charge in [-0.3, -0.25) is 9.69 Å². The van der Waals surface area contributed by atoms with Crippen molar-refractivity contribution in [1.82, 2.24) is 14.5 Å². The van der Waals surface area contributed by atoms with E-state index in [1.165, 1.54) is 12.1 Å². The van der Waals surface area contributed by atoms with Gasteiger partial charge in [0.05, 0.1) is 24.7 Å². The highest BCUT2D eigenvalue weighted by molar-refractivity contribution is 7.89. The molecule has 0 aromatic heterocycles. The van der Waals surface area contributed by atoms with Crippen LogP contribution in [0.1, 0.15) is 17.5 Å². The third-order valence-corrected chi connectivity index (χ3v) is 7.97. The summed E-state index contributed by atoms with van der Waals surface area (Å²) in [4.78, 5) is 15.1.